The minimum absolute atomic E-state index is 0.0376. The number of pyridine rings is 1. The van der Waals surface area contributed by atoms with Gasteiger partial charge in [-0.2, -0.15) is 5.26 Å². The summed E-state index contributed by atoms with van der Waals surface area (Å²) in [6.45, 7) is 2.66. The van der Waals surface area contributed by atoms with E-state index in [4.69, 9.17) is 4.74 Å². The highest BCUT2D eigenvalue weighted by Crippen LogP contribution is 2.40. The van der Waals surface area contributed by atoms with Crippen LogP contribution in [0.15, 0.2) is 48.5 Å². The number of fused-ring (bicyclic) bond motifs is 2. The molecule has 2 aliphatic rings. The van der Waals surface area contributed by atoms with Crippen molar-refractivity contribution < 1.29 is 18.6 Å². The largest absolute Gasteiger partial charge is 0.508 e. The van der Waals surface area contributed by atoms with Crippen LogP contribution in [0.4, 0.5) is 8.78 Å². The Kier molecular flexibility index (Phi) is 6.63. The highest BCUT2D eigenvalue weighted by molar-refractivity contribution is 6.02. The molecule has 3 aromatic carbocycles. The number of likely N-dealkylation sites (tertiary alicyclic amines) is 1. The summed E-state index contributed by atoms with van der Waals surface area (Å²) in [5.74, 6) is -1.19. The van der Waals surface area contributed by atoms with Crippen molar-refractivity contribution in [3.8, 4) is 28.8 Å². The molecule has 6 nitrogen and oxygen atoms in total. The molecule has 4 aromatic rings. The van der Waals surface area contributed by atoms with Crippen LogP contribution in [-0.4, -0.2) is 54.3 Å². The van der Waals surface area contributed by atoms with Crippen LogP contribution in [0.3, 0.4) is 0 Å². The first-order valence-corrected chi connectivity index (χ1v) is 13.2. The number of rotatable bonds is 5. The Morgan fingerprint density at radius 3 is 2.82 bits per heavy atom. The summed E-state index contributed by atoms with van der Waals surface area (Å²) in [7, 11) is 2.04. The van der Waals surface area contributed by atoms with Crippen molar-refractivity contribution in [2.45, 2.75) is 25.3 Å². The van der Waals surface area contributed by atoms with E-state index in [2.05, 4.69) is 27.3 Å². The summed E-state index contributed by atoms with van der Waals surface area (Å²) in [6.07, 6.45) is 4.88. The normalized spacial score (nSPS) is 17.9. The van der Waals surface area contributed by atoms with Crippen LogP contribution in [0.25, 0.3) is 38.4 Å². The number of aromatic nitrogens is 1. The van der Waals surface area contributed by atoms with Crippen LogP contribution >= 0.6 is 0 Å². The van der Waals surface area contributed by atoms with Gasteiger partial charge in [0.05, 0.1) is 0 Å². The Balaban J connectivity index is 1.58. The first-order valence-electron chi connectivity index (χ1n) is 13.2. The van der Waals surface area contributed by atoms with Crippen molar-refractivity contribution in [1.29, 1.82) is 5.26 Å². The van der Waals surface area contributed by atoms with Gasteiger partial charge in [-0.25, -0.2) is 13.8 Å². The smallest absolute Gasteiger partial charge is 0.233 e. The number of aromatic hydroxyl groups is 1. The summed E-state index contributed by atoms with van der Waals surface area (Å²) < 4.78 is 37.6. The van der Waals surface area contributed by atoms with E-state index in [1.165, 1.54) is 18.2 Å². The van der Waals surface area contributed by atoms with Crippen LogP contribution in [0.1, 0.15) is 30.4 Å². The van der Waals surface area contributed by atoms with E-state index in [0.29, 0.717) is 29.5 Å². The molecule has 0 spiro atoms. The SMILES string of the molecule is CN1CCC[C@H]1COc1nc2c(F)c(-c3cc(O)cc4cccc(F)c34)ccc2c(C2=CCCNC2)c1C#N. The predicted octanol–water partition coefficient (Wildman–Crippen LogP) is 5.76. The van der Waals surface area contributed by atoms with Gasteiger partial charge in [-0.1, -0.05) is 30.3 Å². The van der Waals surface area contributed by atoms with E-state index in [9.17, 15) is 14.8 Å². The third-order valence-corrected chi connectivity index (χ3v) is 7.81. The minimum Gasteiger partial charge on any atom is -0.508 e. The molecule has 0 radical (unpaired) electrons. The minimum atomic E-state index is -0.666. The topological polar surface area (TPSA) is 81.4 Å². The van der Waals surface area contributed by atoms with E-state index in [1.54, 1.807) is 24.3 Å². The molecule has 0 amide bonds. The number of ether oxygens (including phenoxy) is 1. The fourth-order valence-electron chi connectivity index (χ4n) is 5.80. The zero-order valence-corrected chi connectivity index (χ0v) is 21.6. The molecular weight excluding hydrogens is 498 g/mol. The lowest BCUT2D eigenvalue weighted by Gasteiger charge is -2.22. The van der Waals surface area contributed by atoms with Crippen LogP contribution in [0.2, 0.25) is 0 Å². The fraction of sp³-hybridized carbons (Fsp3) is 0.290. The number of halogens is 2. The lowest BCUT2D eigenvalue weighted by Crippen LogP contribution is -2.31. The first-order chi connectivity index (χ1) is 19.0. The number of phenolic OH excluding ortho intramolecular Hbond substituents is 1. The van der Waals surface area contributed by atoms with Crippen molar-refractivity contribution in [1.82, 2.24) is 15.2 Å². The Bertz CT molecular complexity index is 1680. The number of nitriles is 1. The van der Waals surface area contributed by atoms with Gasteiger partial charge in [0.2, 0.25) is 5.88 Å². The van der Waals surface area contributed by atoms with E-state index in [1.807, 2.05) is 7.05 Å². The lowest BCUT2D eigenvalue weighted by molar-refractivity contribution is 0.193. The summed E-state index contributed by atoms with van der Waals surface area (Å²) in [4.78, 5) is 6.77. The molecule has 198 valence electrons. The lowest BCUT2D eigenvalue weighted by atomic mass is 9.91. The van der Waals surface area contributed by atoms with Gasteiger partial charge in [0, 0.05) is 34.5 Å². The molecule has 2 aliphatic heterocycles. The van der Waals surface area contributed by atoms with Crippen molar-refractivity contribution in [3.63, 3.8) is 0 Å². The third kappa shape index (κ3) is 4.48. The molecule has 2 N–H and O–H groups in total. The maximum absolute atomic E-state index is 16.5. The van der Waals surface area contributed by atoms with E-state index in [0.717, 1.165) is 37.9 Å². The Morgan fingerprint density at radius 1 is 1.21 bits per heavy atom. The molecule has 3 heterocycles. The zero-order valence-electron chi connectivity index (χ0n) is 21.6. The number of nitrogens with one attached hydrogen (secondary N) is 1. The maximum atomic E-state index is 16.5. The van der Waals surface area contributed by atoms with Gasteiger partial charge in [0.15, 0.2) is 5.82 Å². The Labute approximate surface area is 225 Å². The number of likely N-dealkylation sites (N-methyl/N-ethyl adjacent to an activating group) is 1. The van der Waals surface area contributed by atoms with Gasteiger partial charge in [-0.3, -0.25) is 0 Å². The van der Waals surface area contributed by atoms with Crippen LogP contribution in [0, 0.1) is 23.0 Å². The summed E-state index contributed by atoms with van der Waals surface area (Å²) in [5.41, 5.74) is 2.13. The van der Waals surface area contributed by atoms with Crippen molar-refractivity contribution >= 4 is 27.2 Å². The van der Waals surface area contributed by atoms with Gasteiger partial charge in [-0.15, -0.1) is 0 Å². The van der Waals surface area contributed by atoms with Crippen LogP contribution in [0.5, 0.6) is 11.6 Å². The quantitative estimate of drug-likeness (QED) is 0.344. The van der Waals surface area contributed by atoms with Gasteiger partial charge in [0.25, 0.3) is 0 Å². The number of benzene rings is 3. The predicted molar refractivity (Wildman–Crippen MR) is 148 cm³/mol. The molecule has 0 unspecified atom stereocenters. The van der Waals surface area contributed by atoms with Gasteiger partial charge in [-0.05, 0) is 74.1 Å². The van der Waals surface area contributed by atoms with Crippen LogP contribution in [-0.2, 0) is 0 Å². The molecule has 1 fully saturated rings. The number of phenols is 1. The average molecular weight is 527 g/mol. The number of hydrogen-bond donors (Lipinski definition) is 2. The summed E-state index contributed by atoms with van der Waals surface area (Å²) in [6, 6.07) is 13.1. The molecule has 1 aromatic heterocycles. The van der Waals surface area contributed by atoms with E-state index in [-0.39, 0.29) is 45.3 Å². The Hall–Kier alpha value is -4.06. The fourth-order valence-corrected chi connectivity index (χ4v) is 5.80. The highest BCUT2D eigenvalue weighted by atomic mass is 19.1. The molecule has 0 bridgehead atoms. The van der Waals surface area contributed by atoms with E-state index < -0.39 is 11.6 Å². The number of hydrogen-bond acceptors (Lipinski definition) is 6. The van der Waals surface area contributed by atoms with Crippen molar-refractivity contribution in [3.05, 3.63) is 71.3 Å². The second-order valence-corrected chi connectivity index (χ2v) is 10.2. The van der Waals surface area contributed by atoms with E-state index >= 15 is 4.39 Å². The molecule has 0 aliphatic carbocycles. The number of nitrogens with zero attached hydrogens (tertiary/aromatic N) is 3. The Morgan fingerprint density at radius 2 is 2.08 bits per heavy atom. The van der Waals surface area contributed by atoms with Crippen LogP contribution < -0.4 is 10.1 Å². The standard InChI is InChI=1S/C31H28F2N4O2/c1-37-12-4-7-20(37)17-39-31-25(15-34)27(19-6-3-11-35-16-19)23-10-9-22(29(33)30(23)36-31)24-14-21(38)13-18-5-2-8-26(32)28(18)24/h2,5-6,8-10,13-14,20,35,38H,3-4,7,11-12,16-17H2,1H3/t20-/m0/s1. The molecule has 8 heteroatoms. The molecular formula is C31H28F2N4O2. The average Bonchev–Trinajstić information content (AvgIpc) is 3.36. The third-order valence-electron chi connectivity index (χ3n) is 7.81. The zero-order chi connectivity index (χ0) is 27.1. The molecule has 0 saturated carbocycles. The van der Waals surface area contributed by atoms with Gasteiger partial charge >= 0.3 is 0 Å². The second kappa shape index (κ2) is 10.3. The molecule has 39 heavy (non-hydrogen) atoms. The molecule has 1 saturated heterocycles. The molecule has 1 atom stereocenters. The summed E-state index contributed by atoms with van der Waals surface area (Å²) in [5, 5.41) is 25.1. The van der Waals surface area contributed by atoms with Crippen molar-refractivity contribution in [2.24, 2.45) is 0 Å². The van der Waals surface area contributed by atoms with Gasteiger partial charge < -0.3 is 20.1 Å². The summed E-state index contributed by atoms with van der Waals surface area (Å²) >= 11 is 0. The second-order valence-electron chi connectivity index (χ2n) is 10.2. The first kappa shape index (κ1) is 25.2. The van der Waals surface area contributed by atoms with Crippen molar-refractivity contribution in [2.75, 3.05) is 33.3 Å². The highest BCUT2D eigenvalue weighted by Gasteiger charge is 2.26. The molecule has 6 rings (SSSR count). The monoisotopic (exact) mass is 526 g/mol. The maximum Gasteiger partial charge on any atom is 0.233 e. The van der Waals surface area contributed by atoms with Gasteiger partial charge in [0.1, 0.15) is 35.3 Å².